The van der Waals surface area contributed by atoms with Gasteiger partial charge in [0.2, 0.25) is 10.0 Å². The Morgan fingerprint density at radius 1 is 1.06 bits per heavy atom. The molecule has 0 saturated carbocycles. The van der Waals surface area contributed by atoms with E-state index in [1.165, 1.54) is 4.31 Å². The second-order valence-electron chi connectivity index (χ2n) is 8.26. The highest BCUT2D eigenvalue weighted by Gasteiger charge is 2.34. The van der Waals surface area contributed by atoms with E-state index in [9.17, 15) is 13.2 Å². The Balaban J connectivity index is 1.59. The lowest BCUT2D eigenvalue weighted by Gasteiger charge is -2.23. The molecule has 0 bridgehead atoms. The average molecular weight is 628 g/mol. The second-order valence-corrected chi connectivity index (χ2v) is 12.3. The van der Waals surface area contributed by atoms with E-state index < -0.39 is 21.9 Å². The van der Waals surface area contributed by atoms with E-state index in [1.54, 1.807) is 36.4 Å². The van der Waals surface area contributed by atoms with E-state index in [-0.39, 0.29) is 24.6 Å². The quantitative estimate of drug-likeness (QED) is 0.247. The number of benzene rings is 3. The number of hydrogen-bond acceptors (Lipinski definition) is 4. The van der Waals surface area contributed by atoms with E-state index >= 15 is 0 Å². The van der Waals surface area contributed by atoms with Crippen LogP contribution in [0.5, 0.6) is 0 Å². The third-order valence-corrected chi connectivity index (χ3v) is 9.71. The van der Waals surface area contributed by atoms with Crippen molar-refractivity contribution < 1.29 is 17.9 Å². The van der Waals surface area contributed by atoms with Crippen molar-refractivity contribution in [3.63, 3.8) is 0 Å². The molecule has 0 N–H and O–H groups in total. The SMILES string of the molecule is Cc1ccc(S(=O)(=O)N2Cc3ccccc3CC(C(=O)OCc3cc(Br)c(Cl)c(Br)c3)C2)cc1. The van der Waals surface area contributed by atoms with Crippen molar-refractivity contribution in [2.24, 2.45) is 5.92 Å². The minimum absolute atomic E-state index is 0.0394. The summed E-state index contributed by atoms with van der Waals surface area (Å²) in [4.78, 5) is 13.3. The van der Waals surface area contributed by atoms with Gasteiger partial charge in [-0.05, 0) is 86.2 Å². The fraction of sp³-hybridized carbons (Fsp3) is 0.240. The van der Waals surface area contributed by atoms with Crippen LogP contribution in [0.1, 0.15) is 22.3 Å². The molecule has 0 radical (unpaired) electrons. The molecule has 1 unspecified atom stereocenters. The molecule has 0 saturated heterocycles. The molecule has 1 atom stereocenters. The summed E-state index contributed by atoms with van der Waals surface area (Å²) in [5.74, 6) is -1.08. The van der Waals surface area contributed by atoms with Crippen LogP contribution < -0.4 is 0 Å². The lowest BCUT2D eigenvalue weighted by atomic mass is 9.97. The van der Waals surface area contributed by atoms with Crippen LogP contribution in [0.25, 0.3) is 0 Å². The number of hydrogen-bond donors (Lipinski definition) is 0. The molecule has 4 rings (SSSR count). The van der Waals surface area contributed by atoms with Gasteiger partial charge in [-0.2, -0.15) is 4.31 Å². The molecule has 0 amide bonds. The van der Waals surface area contributed by atoms with Gasteiger partial charge in [-0.3, -0.25) is 4.79 Å². The normalized spacial score (nSPS) is 16.5. The Hall–Kier alpha value is -1.71. The molecule has 0 aromatic heterocycles. The van der Waals surface area contributed by atoms with Crippen molar-refractivity contribution in [3.8, 4) is 0 Å². The molecule has 5 nitrogen and oxygen atoms in total. The van der Waals surface area contributed by atoms with Gasteiger partial charge >= 0.3 is 5.97 Å². The fourth-order valence-electron chi connectivity index (χ4n) is 3.91. The van der Waals surface area contributed by atoms with Gasteiger partial charge in [-0.1, -0.05) is 53.6 Å². The smallest absolute Gasteiger partial charge is 0.310 e. The summed E-state index contributed by atoms with van der Waals surface area (Å²) in [5.41, 5.74) is 3.57. The van der Waals surface area contributed by atoms with Crippen LogP contribution in [0.2, 0.25) is 5.02 Å². The molecule has 1 aliphatic rings. The molecular formula is C25H22Br2ClNO4S. The fourth-order valence-corrected chi connectivity index (χ4v) is 6.76. The average Bonchev–Trinajstić information content (AvgIpc) is 3.01. The number of rotatable bonds is 5. The van der Waals surface area contributed by atoms with Gasteiger partial charge in [0.05, 0.1) is 15.8 Å². The zero-order chi connectivity index (χ0) is 24.5. The predicted octanol–water partition coefficient (Wildman–Crippen LogP) is 6.28. The highest BCUT2D eigenvalue weighted by molar-refractivity contribution is 9.11. The van der Waals surface area contributed by atoms with Crippen LogP contribution >= 0.6 is 43.5 Å². The van der Waals surface area contributed by atoms with Crippen LogP contribution in [0.4, 0.5) is 0 Å². The summed E-state index contributed by atoms with van der Waals surface area (Å²) in [5, 5.41) is 0.535. The van der Waals surface area contributed by atoms with Crippen LogP contribution in [-0.2, 0) is 39.1 Å². The molecule has 1 aliphatic heterocycles. The standard InChI is InChI=1S/C25H22Br2ClNO4S/c1-16-6-8-21(9-7-16)34(31,32)29-13-19-5-3-2-4-18(19)12-20(14-29)25(30)33-15-17-10-22(26)24(28)23(27)11-17/h2-11,20H,12-15H2,1H3. The molecule has 3 aromatic carbocycles. The van der Waals surface area contributed by atoms with E-state index in [4.69, 9.17) is 16.3 Å². The number of fused-ring (bicyclic) bond motifs is 1. The van der Waals surface area contributed by atoms with Gasteiger partial charge < -0.3 is 4.74 Å². The largest absolute Gasteiger partial charge is 0.461 e. The summed E-state index contributed by atoms with van der Waals surface area (Å²) < 4.78 is 35.3. The second kappa shape index (κ2) is 10.5. The maximum atomic E-state index is 13.5. The first-order valence-corrected chi connectivity index (χ1v) is 14.0. The van der Waals surface area contributed by atoms with Crippen molar-refractivity contribution in [2.75, 3.05) is 6.54 Å². The highest BCUT2D eigenvalue weighted by atomic mass is 79.9. The van der Waals surface area contributed by atoms with E-state index in [0.717, 1.165) is 22.3 Å². The monoisotopic (exact) mass is 625 g/mol. The Kier molecular flexibility index (Phi) is 7.84. The van der Waals surface area contributed by atoms with E-state index in [2.05, 4.69) is 31.9 Å². The van der Waals surface area contributed by atoms with Gasteiger partial charge in [0.25, 0.3) is 0 Å². The molecule has 9 heteroatoms. The molecule has 178 valence electrons. The number of nitrogens with zero attached hydrogens (tertiary/aromatic N) is 1. The van der Waals surface area contributed by atoms with Crippen LogP contribution in [0, 0.1) is 12.8 Å². The van der Waals surface area contributed by atoms with Crippen molar-refractivity contribution in [1.82, 2.24) is 4.31 Å². The zero-order valence-corrected chi connectivity index (χ0v) is 23.0. The Labute approximate surface area is 221 Å². The Morgan fingerprint density at radius 3 is 2.32 bits per heavy atom. The maximum Gasteiger partial charge on any atom is 0.310 e. The van der Waals surface area contributed by atoms with Gasteiger partial charge in [-0.15, -0.1) is 0 Å². The minimum Gasteiger partial charge on any atom is -0.461 e. The first-order chi connectivity index (χ1) is 16.1. The number of aryl methyl sites for hydroxylation is 1. The molecule has 0 aliphatic carbocycles. The lowest BCUT2D eigenvalue weighted by molar-refractivity contribution is -0.150. The summed E-state index contributed by atoms with van der Waals surface area (Å²) in [6, 6.07) is 17.9. The number of sulfonamides is 1. The van der Waals surface area contributed by atoms with Crippen molar-refractivity contribution in [3.05, 3.63) is 96.9 Å². The summed E-state index contributed by atoms with van der Waals surface area (Å²) in [6.45, 7) is 2.20. The third kappa shape index (κ3) is 5.57. The number of carbonyl (C=O) groups excluding carboxylic acids is 1. The van der Waals surface area contributed by atoms with Gasteiger partial charge in [0.15, 0.2) is 0 Å². The topological polar surface area (TPSA) is 63.7 Å². The van der Waals surface area contributed by atoms with Crippen LogP contribution in [0.15, 0.2) is 74.5 Å². The molecule has 0 spiro atoms. The van der Waals surface area contributed by atoms with Crippen molar-refractivity contribution in [2.45, 2.75) is 31.4 Å². The maximum absolute atomic E-state index is 13.5. The number of halogens is 3. The predicted molar refractivity (Wildman–Crippen MR) is 139 cm³/mol. The Bertz CT molecular complexity index is 1310. The number of ether oxygens (including phenoxy) is 1. The van der Waals surface area contributed by atoms with Crippen molar-refractivity contribution in [1.29, 1.82) is 0 Å². The van der Waals surface area contributed by atoms with Gasteiger partial charge in [0, 0.05) is 22.0 Å². The first-order valence-electron chi connectivity index (χ1n) is 10.6. The van der Waals surface area contributed by atoms with Crippen LogP contribution in [-0.4, -0.2) is 25.2 Å². The summed E-state index contributed by atoms with van der Waals surface area (Å²) in [7, 11) is -3.80. The van der Waals surface area contributed by atoms with Gasteiger partial charge in [0.1, 0.15) is 6.61 Å². The summed E-state index contributed by atoms with van der Waals surface area (Å²) >= 11 is 12.9. The summed E-state index contributed by atoms with van der Waals surface area (Å²) in [6.07, 6.45) is 0.406. The van der Waals surface area contributed by atoms with Crippen molar-refractivity contribution >= 4 is 59.5 Å². The highest BCUT2D eigenvalue weighted by Crippen LogP contribution is 2.32. The number of esters is 1. The third-order valence-electron chi connectivity index (χ3n) is 5.77. The molecule has 0 fully saturated rings. The van der Waals surface area contributed by atoms with E-state index in [1.807, 2.05) is 31.2 Å². The number of carbonyl (C=O) groups is 1. The first kappa shape index (κ1) is 25.4. The molecule has 1 heterocycles. The Morgan fingerprint density at radius 2 is 1.68 bits per heavy atom. The lowest BCUT2D eigenvalue weighted by Crippen LogP contribution is -2.37. The molecular weight excluding hydrogens is 606 g/mol. The molecule has 34 heavy (non-hydrogen) atoms. The van der Waals surface area contributed by atoms with Crippen LogP contribution in [0.3, 0.4) is 0 Å². The minimum atomic E-state index is -3.80. The molecule has 3 aromatic rings. The zero-order valence-electron chi connectivity index (χ0n) is 18.3. The van der Waals surface area contributed by atoms with E-state index in [0.29, 0.717) is 20.4 Å². The van der Waals surface area contributed by atoms with Gasteiger partial charge in [-0.25, -0.2) is 8.42 Å².